The number of nitrogens with one attached hydrogen (secondary N) is 1. The van der Waals surface area contributed by atoms with Gasteiger partial charge in [0.15, 0.2) is 6.61 Å². The number of esters is 1. The molecule has 0 saturated carbocycles. The summed E-state index contributed by atoms with van der Waals surface area (Å²) in [6.45, 7) is -0.513. The molecular formula is C22H20N2O4S. The average molecular weight is 408 g/mol. The van der Waals surface area contributed by atoms with Gasteiger partial charge in [0.05, 0.1) is 16.0 Å². The van der Waals surface area contributed by atoms with Crippen LogP contribution >= 0.6 is 11.3 Å². The van der Waals surface area contributed by atoms with Gasteiger partial charge in [0, 0.05) is 11.1 Å². The van der Waals surface area contributed by atoms with E-state index in [1.807, 2.05) is 24.3 Å². The Labute approximate surface area is 171 Å². The topological polar surface area (TPSA) is 85.4 Å². The van der Waals surface area contributed by atoms with Crippen LogP contribution in [0, 0.1) is 0 Å². The van der Waals surface area contributed by atoms with Gasteiger partial charge in [-0.3, -0.25) is 19.9 Å². The Morgan fingerprint density at radius 3 is 2.69 bits per heavy atom. The van der Waals surface area contributed by atoms with Gasteiger partial charge in [-0.05, 0) is 48.8 Å². The van der Waals surface area contributed by atoms with Crippen molar-refractivity contribution in [1.82, 2.24) is 10.3 Å². The number of hydrogen-bond acceptors (Lipinski definition) is 6. The number of nitrogens with zero attached hydrogens (tertiary/aromatic N) is 1. The van der Waals surface area contributed by atoms with Gasteiger partial charge in [-0.25, -0.2) is 4.79 Å². The highest BCUT2D eigenvalue weighted by Gasteiger charge is 2.23. The van der Waals surface area contributed by atoms with Gasteiger partial charge in [0.2, 0.25) is 0 Å². The van der Waals surface area contributed by atoms with Gasteiger partial charge < -0.3 is 4.74 Å². The van der Waals surface area contributed by atoms with Gasteiger partial charge in [0.25, 0.3) is 11.8 Å². The molecular weight excluding hydrogens is 388 g/mol. The number of imide groups is 1. The van der Waals surface area contributed by atoms with Crippen molar-refractivity contribution < 1.29 is 19.1 Å². The van der Waals surface area contributed by atoms with E-state index in [-0.39, 0.29) is 0 Å². The Balaban J connectivity index is 1.54. The fraction of sp³-hybridized carbons (Fsp3) is 0.273. The molecule has 148 valence electrons. The van der Waals surface area contributed by atoms with Crippen LogP contribution in [0.3, 0.4) is 0 Å². The van der Waals surface area contributed by atoms with E-state index in [1.165, 1.54) is 11.3 Å². The third-order valence-corrected chi connectivity index (χ3v) is 5.82. The first kappa shape index (κ1) is 19.3. The van der Waals surface area contributed by atoms with Crippen molar-refractivity contribution in [3.05, 3.63) is 63.5 Å². The van der Waals surface area contributed by atoms with Gasteiger partial charge in [-0.2, -0.15) is 0 Å². The van der Waals surface area contributed by atoms with E-state index >= 15 is 0 Å². The molecule has 29 heavy (non-hydrogen) atoms. The average Bonchev–Trinajstić information content (AvgIpc) is 3.17. The molecule has 1 aliphatic rings. The summed E-state index contributed by atoms with van der Waals surface area (Å²) in [5.74, 6) is -1.70. The maximum absolute atomic E-state index is 12.9. The van der Waals surface area contributed by atoms with Crippen molar-refractivity contribution in [3.8, 4) is 0 Å². The lowest BCUT2D eigenvalue weighted by molar-refractivity contribution is -0.123. The smallest absolute Gasteiger partial charge is 0.339 e. The molecule has 2 heterocycles. The van der Waals surface area contributed by atoms with Gasteiger partial charge in [-0.15, -0.1) is 11.3 Å². The van der Waals surface area contributed by atoms with E-state index < -0.39 is 24.4 Å². The summed E-state index contributed by atoms with van der Waals surface area (Å²) in [7, 11) is 0. The van der Waals surface area contributed by atoms with Gasteiger partial charge in [0.1, 0.15) is 0 Å². The molecule has 6 nitrogen and oxygen atoms in total. The lowest BCUT2D eigenvalue weighted by Gasteiger charge is -2.14. The first-order valence-electron chi connectivity index (χ1n) is 9.59. The highest BCUT2D eigenvalue weighted by Crippen LogP contribution is 2.29. The molecule has 1 N–H and O–H groups in total. The number of ether oxygens (including phenoxy) is 1. The third-order valence-electron chi connectivity index (χ3n) is 4.96. The fourth-order valence-corrected chi connectivity index (χ4v) is 4.24. The molecule has 0 aliphatic heterocycles. The first-order chi connectivity index (χ1) is 14.1. The predicted molar refractivity (Wildman–Crippen MR) is 110 cm³/mol. The Hall–Kier alpha value is -3.06. The predicted octanol–water partition coefficient (Wildman–Crippen LogP) is 3.68. The molecule has 1 aromatic carbocycles. The molecule has 7 heteroatoms. The van der Waals surface area contributed by atoms with E-state index in [2.05, 4.69) is 5.32 Å². The highest BCUT2D eigenvalue weighted by atomic mass is 32.1. The number of thiophene rings is 1. The Bertz CT molecular complexity index is 1080. The van der Waals surface area contributed by atoms with Crippen molar-refractivity contribution in [1.29, 1.82) is 0 Å². The minimum atomic E-state index is -0.652. The largest absolute Gasteiger partial charge is 0.452 e. The maximum atomic E-state index is 12.9. The van der Waals surface area contributed by atoms with Crippen LogP contribution in [0.5, 0.6) is 0 Å². The second kappa shape index (κ2) is 8.53. The lowest BCUT2D eigenvalue weighted by atomic mass is 9.97. The lowest BCUT2D eigenvalue weighted by Crippen LogP contribution is -2.33. The molecule has 0 fully saturated rings. The number of amides is 2. The Kier molecular flexibility index (Phi) is 5.67. The molecule has 0 radical (unpaired) electrons. The molecule has 1 aliphatic carbocycles. The zero-order chi connectivity index (χ0) is 20.2. The molecule has 0 saturated heterocycles. The second-order valence-electron chi connectivity index (χ2n) is 6.92. The second-order valence-corrected chi connectivity index (χ2v) is 7.87. The number of rotatable bonds is 4. The van der Waals surface area contributed by atoms with Crippen LogP contribution in [0.1, 0.15) is 50.5 Å². The number of carbonyl (C=O) groups is 3. The molecule has 0 unspecified atom stereocenters. The van der Waals surface area contributed by atoms with E-state index in [4.69, 9.17) is 9.72 Å². The summed E-state index contributed by atoms with van der Waals surface area (Å²) in [6.07, 6.45) is 4.72. The molecule has 0 bridgehead atoms. The molecule has 4 rings (SSSR count). The first-order valence-corrected chi connectivity index (χ1v) is 10.5. The number of benzene rings is 1. The minimum absolute atomic E-state index is 0.426. The number of hydrogen-bond donors (Lipinski definition) is 1. The zero-order valence-corrected chi connectivity index (χ0v) is 16.6. The number of pyridine rings is 1. The number of aryl methyl sites for hydroxylation is 1. The quantitative estimate of drug-likeness (QED) is 0.526. The molecule has 0 spiro atoms. The number of aromatic nitrogens is 1. The molecule has 2 aromatic heterocycles. The van der Waals surface area contributed by atoms with Crippen molar-refractivity contribution in [3.63, 3.8) is 0 Å². The van der Waals surface area contributed by atoms with E-state index in [1.54, 1.807) is 17.5 Å². The highest BCUT2D eigenvalue weighted by molar-refractivity contribution is 7.12. The monoisotopic (exact) mass is 408 g/mol. The zero-order valence-electron chi connectivity index (χ0n) is 15.8. The molecule has 2 amide bonds. The summed E-state index contributed by atoms with van der Waals surface area (Å²) >= 11 is 1.23. The van der Waals surface area contributed by atoms with Crippen molar-refractivity contribution in [2.24, 2.45) is 0 Å². The number of para-hydroxylation sites is 1. The van der Waals surface area contributed by atoms with Crippen molar-refractivity contribution >= 4 is 40.0 Å². The van der Waals surface area contributed by atoms with Crippen LogP contribution in [-0.2, 0) is 22.4 Å². The van der Waals surface area contributed by atoms with Crippen LogP contribution < -0.4 is 5.32 Å². The summed E-state index contributed by atoms with van der Waals surface area (Å²) in [6, 6.07) is 10.8. The van der Waals surface area contributed by atoms with Crippen LogP contribution in [0.25, 0.3) is 10.9 Å². The molecule has 0 atom stereocenters. The summed E-state index contributed by atoms with van der Waals surface area (Å²) in [5.41, 5.74) is 3.09. The third kappa shape index (κ3) is 4.19. The fourth-order valence-electron chi connectivity index (χ4n) is 3.62. The van der Waals surface area contributed by atoms with Crippen LogP contribution in [-0.4, -0.2) is 29.4 Å². The van der Waals surface area contributed by atoms with E-state index in [9.17, 15) is 14.4 Å². The summed E-state index contributed by atoms with van der Waals surface area (Å²) in [5, 5.41) is 4.72. The van der Waals surface area contributed by atoms with Gasteiger partial charge >= 0.3 is 5.97 Å². The minimum Gasteiger partial charge on any atom is -0.452 e. The Morgan fingerprint density at radius 2 is 1.86 bits per heavy atom. The SMILES string of the molecule is O=C(COC(=O)c1c2c(nc3ccccc13)CCCCC2)NC(=O)c1cccs1. The Morgan fingerprint density at radius 1 is 1.03 bits per heavy atom. The number of fused-ring (bicyclic) bond motifs is 2. The van der Waals surface area contributed by atoms with Crippen molar-refractivity contribution in [2.45, 2.75) is 32.1 Å². The van der Waals surface area contributed by atoms with E-state index in [0.717, 1.165) is 54.3 Å². The standard InChI is InChI=1S/C22H20N2O4S/c25-19(24-21(26)18-11-6-12-29-18)13-28-22(27)20-14-7-2-1-3-9-16(14)23-17-10-5-4-8-15(17)20/h4-6,8,10-12H,1-3,7,9,13H2,(H,24,25,26). The van der Waals surface area contributed by atoms with Crippen LogP contribution in [0.4, 0.5) is 0 Å². The van der Waals surface area contributed by atoms with E-state index in [0.29, 0.717) is 10.4 Å². The van der Waals surface area contributed by atoms with Crippen molar-refractivity contribution in [2.75, 3.05) is 6.61 Å². The maximum Gasteiger partial charge on any atom is 0.339 e. The molecule has 3 aromatic rings. The van der Waals surface area contributed by atoms with Crippen LogP contribution in [0.15, 0.2) is 41.8 Å². The normalized spacial score (nSPS) is 13.4. The van der Waals surface area contributed by atoms with Crippen LogP contribution in [0.2, 0.25) is 0 Å². The number of carbonyl (C=O) groups excluding carboxylic acids is 3. The summed E-state index contributed by atoms with van der Waals surface area (Å²) in [4.78, 5) is 42.2. The summed E-state index contributed by atoms with van der Waals surface area (Å²) < 4.78 is 5.30. The van der Waals surface area contributed by atoms with Gasteiger partial charge in [-0.1, -0.05) is 30.7 Å².